The summed E-state index contributed by atoms with van der Waals surface area (Å²) in [5, 5.41) is 0. The second kappa shape index (κ2) is 8.14. The summed E-state index contributed by atoms with van der Waals surface area (Å²) >= 11 is 0. The normalized spacial score (nSPS) is 21.1. The van der Waals surface area contributed by atoms with Crippen LogP contribution in [0.15, 0.2) is 24.3 Å². The Hall–Kier alpha value is -1.84. The van der Waals surface area contributed by atoms with Crippen molar-refractivity contribution < 1.29 is 14.3 Å². The first kappa shape index (κ1) is 17.5. The number of carbonyl (C=O) groups is 2. The van der Waals surface area contributed by atoms with Crippen LogP contribution in [0.25, 0.3) is 0 Å². The van der Waals surface area contributed by atoms with E-state index in [1.807, 2.05) is 11.8 Å². The van der Waals surface area contributed by atoms with E-state index in [9.17, 15) is 9.59 Å². The summed E-state index contributed by atoms with van der Waals surface area (Å²) in [5.74, 6) is 1.97. The van der Waals surface area contributed by atoms with Crippen molar-refractivity contribution in [2.75, 3.05) is 19.7 Å². The molecule has 0 spiro atoms. The zero-order chi connectivity index (χ0) is 16.8. The van der Waals surface area contributed by atoms with E-state index in [2.05, 4.69) is 13.8 Å². The molecule has 4 nitrogen and oxygen atoms in total. The molecule has 2 atom stereocenters. The van der Waals surface area contributed by atoms with Crippen LogP contribution in [0.1, 0.15) is 50.4 Å². The molecular formula is C19H27NO3. The van der Waals surface area contributed by atoms with Crippen molar-refractivity contribution in [3.05, 3.63) is 29.8 Å². The minimum atomic E-state index is 0.0134. The number of rotatable bonds is 6. The lowest BCUT2D eigenvalue weighted by atomic mass is 9.91. The molecule has 2 unspecified atom stereocenters. The van der Waals surface area contributed by atoms with Crippen molar-refractivity contribution in [2.45, 2.75) is 40.0 Å². The standard InChI is InChI=1S/C19H27NO3/c1-4-23-17-7-5-16(6-8-17)18(21)9-10-19(22)20-12-14(2)11-15(3)13-20/h5-8,14-15H,4,9-13H2,1-3H3. The molecule has 1 amide bonds. The summed E-state index contributed by atoms with van der Waals surface area (Å²) < 4.78 is 5.37. The fourth-order valence-corrected chi connectivity index (χ4v) is 3.29. The Bertz CT molecular complexity index is 528. The predicted octanol–water partition coefficient (Wildman–Crippen LogP) is 3.55. The van der Waals surface area contributed by atoms with Gasteiger partial charge in [0.25, 0.3) is 0 Å². The zero-order valence-electron chi connectivity index (χ0n) is 14.4. The van der Waals surface area contributed by atoms with E-state index >= 15 is 0 Å². The van der Waals surface area contributed by atoms with Gasteiger partial charge in [0, 0.05) is 31.5 Å². The summed E-state index contributed by atoms with van der Waals surface area (Å²) in [6.45, 7) is 8.53. The average Bonchev–Trinajstić information content (AvgIpc) is 2.52. The summed E-state index contributed by atoms with van der Waals surface area (Å²) in [6, 6.07) is 7.13. The lowest BCUT2D eigenvalue weighted by Crippen LogP contribution is -2.42. The molecule has 1 aromatic rings. The van der Waals surface area contributed by atoms with Gasteiger partial charge in [-0.2, -0.15) is 0 Å². The van der Waals surface area contributed by atoms with Gasteiger partial charge in [-0.1, -0.05) is 13.8 Å². The highest BCUT2D eigenvalue weighted by Crippen LogP contribution is 2.22. The molecule has 0 bridgehead atoms. The molecule has 0 saturated carbocycles. The van der Waals surface area contributed by atoms with Gasteiger partial charge in [0.2, 0.25) is 5.91 Å². The number of ether oxygens (including phenoxy) is 1. The number of ketones is 1. The molecule has 0 N–H and O–H groups in total. The number of carbonyl (C=O) groups excluding carboxylic acids is 2. The van der Waals surface area contributed by atoms with E-state index in [1.54, 1.807) is 24.3 Å². The first-order chi connectivity index (χ1) is 11.0. The second-order valence-electron chi connectivity index (χ2n) is 6.63. The topological polar surface area (TPSA) is 46.6 Å². The van der Waals surface area contributed by atoms with Gasteiger partial charge in [0.15, 0.2) is 5.78 Å². The minimum absolute atomic E-state index is 0.0134. The molecule has 4 heteroatoms. The van der Waals surface area contributed by atoms with Gasteiger partial charge in [0.1, 0.15) is 5.75 Å². The molecule has 0 aliphatic carbocycles. The van der Waals surface area contributed by atoms with Crippen LogP contribution in [-0.4, -0.2) is 36.3 Å². The van der Waals surface area contributed by atoms with Crippen LogP contribution in [0.2, 0.25) is 0 Å². The molecule has 0 aromatic heterocycles. The quantitative estimate of drug-likeness (QED) is 0.754. The molecule has 2 rings (SSSR count). The third kappa shape index (κ3) is 5.08. The lowest BCUT2D eigenvalue weighted by molar-refractivity contribution is -0.133. The molecule has 1 aliphatic rings. The lowest BCUT2D eigenvalue weighted by Gasteiger charge is -2.35. The fraction of sp³-hybridized carbons (Fsp3) is 0.579. The first-order valence-electron chi connectivity index (χ1n) is 8.53. The summed E-state index contributed by atoms with van der Waals surface area (Å²) in [6.07, 6.45) is 1.74. The van der Waals surface area contributed by atoms with Crippen molar-refractivity contribution in [3.8, 4) is 5.75 Å². The highest BCUT2D eigenvalue weighted by Gasteiger charge is 2.25. The number of amides is 1. The monoisotopic (exact) mass is 317 g/mol. The number of benzene rings is 1. The van der Waals surface area contributed by atoms with E-state index in [0.29, 0.717) is 30.4 Å². The largest absolute Gasteiger partial charge is 0.494 e. The van der Waals surface area contributed by atoms with Crippen LogP contribution < -0.4 is 4.74 Å². The summed E-state index contributed by atoms with van der Waals surface area (Å²) in [7, 11) is 0. The minimum Gasteiger partial charge on any atom is -0.494 e. The number of Topliss-reactive ketones (excluding diaryl/α,β-unsaturated/α-hetero) is 1. The van der Waals surface area contributed by atoms with Crippen LogP contribution >= 0.6 is 0 Å². The van der Waals surface area contributed by atoms with Crippen LogP contribution in [0.5, 0.6) is 5.75 Å². The van der Waals surface area contributed by atoms with Gasteiger partial charge < -0.3 is 9.64 Å². The van der Waals surface area contributed by atoms with E-state index in [-0.39, 0.29) is 18.1 Å². The molecule has 1 heterocycles. The van der Waals surface area contributed by atoms with Gasteiger partial charge in [0.05, 0.1) is 6.61 Å². The molecule has 1 aliphatic heterocycles. The molecule has 1 fully saturated rings. The summed E-state index contributed by atoms with van der Waals surface area (Å²) in [5.41, 5.74) is 0.640. The van der Waals surface area contributed by atoms with Crippen molar-refractivity contribution in [2.24, 2.45) is 11.8 Å². The molecule has 0 radical (unpaired) electrons. The number of likely N-dealkylation sites (tertiary alicyclic amines) is 1. The number of piperidine rings is 1. The maximum absolute atomic E-state index is 12.3. The number of nitrogens with zero attached hydrogens (tertiary/aromatic N) is 1. The SMILES string of the molecule is CCOc1ccc(C(=O)CCC(=O)N2CC(C)CC(C)C2)cc1. The highest BCUT2D eigenvalue weighted by atomic mass is 16.5. The third-order valence-electron chi connectivity index (χ3n) is 4.27. The van der Waals surface area contributed by atoms with E-state index < -0.39 is 0 Å². The van der Waals surface area contributed by atoms with E-state index in [1.165, 1.54) is 6.42 Å². The average molecular weight is 317 g/mol. The molecule has 1 aromatic carbocycles. The smallest absolute Gasteiger partial charge is 0.223 e. The zero-order valence-corrected chi connectivity index (χ0v) is 14.4. The fourth-order valence-electron chi connectivity index (χ4n) is 3.29. The predicted molar refractivity (Wildman–Crippen MR) is 90.7 cm³/mol. The maximum atomic E-state index is 12.3. The second-order valence-corrected chi connectivity index (χ2v) is 6.63. The highest BCUT2D eigenvalue weighted by molar-refractivity contribution is 5.98. The Balaban J connectivity index is 1.84. The van der Waals surface area contributed by atoms with Crippen LogP contribution in [0.4, 0.5) is 0 Å². The van der Waals surface area contributed by atoms with Crippen molar-refractivity contribution in [1.29, 1.82) is 0 Å². The molecule has 1 saturated heterocycles. The van der Waals surface area contributed by atoms with Crippen molar-refractivity contribution in [3.63, 3.8) is 0 Å². The van der Waals surface area contributed by atoms with Gasteiger partial charge in [-0.15, -0.1) is 0 Å². The van der Waals surface area contributed by atoms with Crippen LogP contribution in [-0.2, 0) is 4.79 Å². The Labute approximate surface area is 138 Å². The van der Waals surface area contributed by atoms with Gasteiger partial charge in [-0.05, 0) is 49.4 Å². The van der Waals surface area contributed by atoms with Gasteiger partial charge in [-0.3, -0.25) is 9.59 Å². The number of hydrogen-bond donors (Lipinski definition) is 0. The third-order valence-corrected chi connectivity index (χ3v) is 4.27. The number of hydrogen-bond acceptors (Lipinski definition) is 3. The van der Waals surface area contributed by atoms with E-state index in [0.717, 1.165) is 18.8 Å². The Morgan fingerprint density at radius 1 is 1.09 bits per heavy atom. The van der Waals surface area contributed by atoms with Gasteiger partial charge >= 0.3 is 0 Å². The van der Waals surface area contributed by atoms with Crippen LogP contribution in [0, 0.1) is 11.8 Å². The van der Waals surface area contributed by atoms with Crippen molar-refractivity contribution in [1.82, 2.24) is 4.90 Å². The van der Waals surface area contributed by atoms with Gasteiger partial charge in [-0.25, -0.2) is 0 Å². The van der Waals surface area contributed by atoms with Crippen molar-refractivity contribution >= 4 is 11.7 Å². The maximum Gasteiger partial charge on any atom is 0.223 e. The van der Waals surface area contributed by atoms with E-state index in [4.69, 9.17) is 4.74 Å². The molecule has 126 valence electrons. The Morgan fingerprint density at radius 2 is 1.70 bits per heavy atom. The van der Waals surface area contributed by atoms with Crippen LogP contribution in [0.3, 0.4) is 0 Å². The first-order valence-corrected chi connectivity index (χ1v) is 8.53. The molecule has 23 heavy (non-hydrogen) atoms. The Kier molecular flexibility index (Phi) is 6.20. The Morgan fingerprint density at radius 3 is 2.26 bits per heavy atom. The summed E-state index contributed by atoms with van der Waals surface area (Å²) in [4.78, 5) is 26.5. The molecular weight excluding hydrogens is 290 g/mol.